The maximum atomic E-state index is 13.3. The lowest BCUT2D eigenvalue weighted by molar-refractivity contribution is 0.0526. The minimum Gasteiger partial charge on any atom is -0.493 e. The molecule has 0 bridgehead atoms. The summed E-state index contributed by atoms with van der Waals surface area (Å²) in [7, 11) is 1.55. The third-order valence-corrected chi connectivity index (χ3v) is 7.10. The first-order valence-electron chi connectivity index (χ1n) is 13.5. The summed E-state index contributed by atoms with van der Waals surface area (Å²) in [6, 6.07) is 29.6. The Morgan fingerprint density at radius 2 is 1.70 bits per heavy atom. The summed E-state index contributed by atoms with van der Waals surface area (Å²) in [4.78, 5) is 29.9. The zero-order valence-electron chi connectivity index (χ0n) is 23.5. The van der Waals surface area contributed by atoms with Gasteiger partial charge in [0.25, 0.3) is 5.91 Å². The molecule has 1 heterocycles. The summed E-state index contributed by atoms with van der Waals surface area (Å²) in [5.74, 6) is 0.277. The number of fused-ring (bicyclic) bond motifs is 1. The predicted octanol–water partition coefficient (Wildman–Crippen LogP) is 7.19. The number of aromatic nitrogens is 1. The van der Waals surface area contributed by atoms with E-state index in [9.17, 15) is 9.59 Å². The molecule has 0 aliphatic heterocycles. The van der Waals surface area contributed by atoms with Crippen molar-refractivity contribution in [2.24, 2.45) is 5.10 Å². The lowest BCUT2D eigenvalue weighted by atomic mass is 10.0. The molecular formula is C34H28BrN3O5. The van der Waals surface area contributed by atoms with Crippen LogP contribution in [0.2, 0.25) is 0 Å². The van der Waals surface area contributed by atoms with Gasteiger partial charge < -0.3 is 14.2 Å². The molecule has 5 rings (SSSR count). The molecule has 0 spiro atoms. The van der Waals surface area contributed by atoms with Crippen LogP contribution < -0.4 is 14.9 Å². The summed E-state index contributed by atoms with van der Waals surface area (Å²) in [6.45, 7) is 2.35. The second kappa shape index (κ2) is 13.8. The largest absolute Gasteiger partial charge is 0.493 e. The summed E-state index contributed by atoms with van der Waals surface area (Å²) in [6.07, 6.45) is 1.53. The van der Waals surface area contributed by atoms with E-state index in [0.29, 0.717) is 45.0 Å². The lowest BCUT2D eigenvalue weighted by Gasteiger charge is -2.14. The highest BCUT2D eigenvalue weighted by Crippen LogP contribution is 2.37. The molecule has 1 N–H and O–H groups in total. The first-order valence-corrected chi connectivity index (χ1v) is 14.3. The maximum absolute atomic E-state index is 13.3. The van der Waals surface area contributed by atoms with Gasteiger partial charge in [0, 0.05) is 10.9 Å². The molecule has 0 atom stereocenters. The van der Waals surface area contributed by atoms with Gasteiger partial charge in [0.05, 0.1) is 46.7 Å². The first kappa shape index (κ1) is 29.5. The molecule has 0 aliphatic carbocycles. The van der Waals surface area contributed by atoms with Crippen molar-refractivity contribution in [2.45, 2.75) is 13.5 Å². The predicted molar refractivity (Wildman–Crippen MR) is 170 cm³/mol. The molecule has 216 valence electrons. The molecule has 9 heteroatoms. The quantitative estimate of drug-likeness (QED) is 0.0988. The van der Waals surface area contributed by atoms with E-state index >= 15 is 0 Å². The van der Waals surface area contributed by atoms with E-state index < -0.39 is 0 Å². The second-order valence-corrected chi connectivity index (χ2v) is 10.2. The fraction of sp³-hybridized carbons (Fsp3) is 0.118. The van der Waals surface area contributed by atoms with E-state index in [1.54, 1.807) is 38.3 Å². The van der Waals surface area contributed by atoms with Gasteiger partial charge in [0.15, 0.2) is 11.5 Å². The van der Waals surface area contributed by atoms with E-state index in [0.717, 1.165) is 22.0 Å². The van der Waals surface area contributed by atoms with Crippen LogP contribution in [-0.2, 0) is 11.3 Å². The van der Waals surface area contributed by atoms with Crippen LogP contribution in [-0.4, -0.2) is 36.8 Å². The van der Waals surface area contributed by atoms with Crippen LogP contribution in [0.3, 0.4) is 0 Å². The summed E-state index contributed by atoms with van der Waals surface area (Å²) >= 11 is 3.55. The summed E-state index contributed by atoms with van der Waals surface area (Å²) < 4.78 is 17.3. The molecule has 1 aromatic heterocycles. The number of carbonyl (C=O) groups is 2. The Hall–Kier alpha value is -5.02. The third-order valence-electron chi connectivity index (χ3n) is 6.51. The smallest absolute Gasteiger partial charge is 0.338 e. The molecule has 0 saturated heterocycles. The molecule has 5 aromatic rings. The Morgan fingerprint density at radius 1 is 0.953 bits per heavy atom. The van der Waals surface area contributed by atoms with Gasteiger partial charge in [0.2, 0.25) is 0 Å². The number of pyridine rings is 1. The van der Waals surface area contributed by atoms with Crippen molar-refractivity contribution in [3.8, 4) is 22.8 Å². The van der Waals surface area contributed by atoms with Gasteiger partial charge in [-0.3, -0.25) is 4.79 Å². The van der Waals surface area contributed by atoms with Crippen molar-refractivity contribution in [2.75, 3.05) is 13.7 Å². The van der Waals surface area contributed by atoms with Gasteiger partial charge in [0.1, 0.15) is 6.61 Å². The van der Waals surface area contributed by atoms with E-state index in [1.165, 1.54) is 6.21 Å². The van der Waals surface area contributed by atoms with Gasteiger partial charge in [-0.15, -0.1) is 0 Å². The number of rotatable bonds is 10. The normalized spacial score (nSPS) is 11.0. The van der Waals surface area contributed by atoms with Crippen molar-refractivity contribution in [1.82, 2.24) is 10.4 Å². The molecule has 0 saturated carbocycles. The van der Waals surface area contributed by atoms with Crippen molar-refractivity contribution >= 4 is 44.9 Å². The molecule has 0 radical (unpaired) electrons. The Morgan fingerprint density at radius 3 is 2.44 bits per heavy atom. The van der Waals surface area contributed by atoms with Crippen LogP contribution in [0.15, 0.2) is 107 Å². The Kier molecular flexibility index (Phi) is 9.43. The van der Waals surface area contributed by atoms with Gasteiger partial charge in [-0.2, -0.15) is 5.10 Å². The molecule has 0 fully saturated rings. The highest BCUT2D eigenvalue weighted by Gasteiger charge is 2.15. The molecular weight excluding hydrogens is 610 g/mol. The number of nitrogens with one attached hydrogen (secondary N) is 1. The highest BCUT2D eigenvalue weighted by atomic mass is 79.9. The SMILES string of the molecule is CCOC(=O)c1ccc(COc2c(Br)cc(/C=N\NC(=O)c3cc(-c4ccccc4)nc4ccccc34)cc2OC)cc1. The molecule has 4 aromatic carbocycles. The number of esters is 1. The average molecular weight is 639 g/mol. The number of nitrogens with zero attached hydrogens (tertiary/aromatic N) is 2. The highest BCUT2D eigenvalue weighted by molar-refractivity contribution is 9.10. The number of halogens is 1. The van der Waals surface area contributed by atoms with Crippen molar-refractivity contribution in [1.29, 1.82) is 0 Å². The molecule has 0 aliphatic rings. The summed E-state index contributed by atoms with van der Waals surface area (Å²) in [5.41, 5.74) is 7.48. The number of hydrazone groups is 1. The van der Waals surface area contributed by atoms with E-state index in [-0.39, 0.29) is 18.5 Å². The minimum atomic E-state index is -0.362. The zero-order chi connectivity index (χ0) is 30.2. The lowest BCUT2D eigenvalue weighted by Crippen LogP contribution is -2.18. The van der Waals surface area contributed by atoms with Gasteiger partial charge in [-0.25, -0.2) is 15.2 Å². The first-order chi connectivity index (χ1) is 21.0. The van der Waals surface area contributed by atoms with E-state index in [2.05, 4.69) is 26.5 Å². The molecule has 43 heavy (non-hydrogen) atoms. The number of benzene rings is 4. The topological polar surface area (TPSA) is 99.1 Å². The zero-order valence-corrected chi connectivity index (χ0v) is 25.1. The van der Waals surface area contributed by atoms with Gasteiger partial charge in [-0.05, 0) is 70.4 Å². The number of hydrogen-bond donors (Lipinski definition) is 1. The minimum absolute atomic E-state index is 0.256. The van der Waals surface area contributed by atoms with Crippen LogP contribution in [0.25, 0.3) is 22.2 Å². The Balaban J connectivity index is 1.30. The molecule has 8 nitrogen and oxygen atoms in total. The maximum Gasteiger partial charge on any atom is 0.338 e. The van der Waals surface area contributed by atoms with Crippen molar-refractivity contribution in [3.05, 3.63) is 124 Å². The van der Waals surface area contributed by atoms with E-state index in [1.807, 2.05) is 72.8 Å². The molecule has 1 amide bonds. The van der Waals surface area contributed by atoms with Crippen LogP contribution >= 0.6 is 15.9 Å². The fourth-order valence-corrected chi connectivity index (χ4v) is 4.98. The van der Waals surface area contributed by atoms with Crippen LogP contribution in [0.4, 0.5) is 0 Å². The number of ether oxygens (including phenoxy) is 3. The van der Waals surface area contributed by atoms with Gasteiger partial charge >= 0.3 is 5.97 Å². The van der Waals surface area contributed by atoms with E-state index in [4.69, 9.17) is 19.2 Å². The Labute approximate surface area is 257 Å². The fourth-order valence-electron chi connectivity index (χ4n) is 4.41. The molecule has 0 unspecified atom stereocenters. The Bertz CT molecular complexity index is 1790. The monoisotopic (exact) mass is 637 g/mol. The third kappa shape index (κ3) is 7.07. The number of para-hydroxylation sites is 1. The van der Waals surface area contributed by atoms with Crippen molar-refractivity contribution in [3.63, 3.8) is 0 Å². The van der Waals surface area contributed by atoms with Crippen LogP contribution in [0.1, 0.15) is 38.8 Å². The van der Waals surface area contributed by atoms with Crippen LogP contribution in [0, 0.1) is 0 Å². The number of amides is 1. The standard InChI is InChI=1S/C34H28BrN3O5/c1-3-42-34(40)25-15-13-22(14-16-25)21-43-32-28(35)17-23(18-31(32)41-2)20-36-38-33(39)27-19-30(24-9-5-4-6-10-24)37-29-12-8-7-11-26(27)29/h4-20H,3,21H2,1-2H3,(H,38,39)/b36-20-. The van der Waals surface area contributed by atoms with Gasteiger partial charge in [-0.1, -0.05) is 60.7 Å². The summed E-state index contributed by atoms with van der Waals surface area (Å²) in [5, 5.41) is 4.94. The number of carbonyl (C=O) groups excluding carboxylic acids is 2. The number of hydrogen-bond acceptors (Lipinski definition) is 7. The number of methoxy groups -OCH3 is 1. The average Bonchev–Trinajstić information content (AvgIpc) is 3.04. The van der Waals surface area contributed by atoms with Crippen molar-refractivity contribution < 1.29 is 23.8 Å². The van der Waals surface area contributed by atoms with Crippen LogP contribution in [0.5, 0.6) is 11.5 Å². The second-order valence-electron chi connectivity index (χ2n) is 9.38.